The fraction of sp³-hybridized carbons (Fsp3) is 0.0952. The predicted octanol–water partition coefficient (Wildman–Crippen LogP) is 4.14. The molecule has 1 N–H and O–H groups in total. The van der Waals surface area contributed by atoms with Gasteiger partial charge in [-0.15, -0.1) is 0 Å². The van der Waals surface area contributed by atoms with Gasteiger partial charge in [-0.2, -0.15) is 0 Å². The van der Waals surface area contributed by atoms with Crippen LogP contribution in [0.15, 0.2) is 72.9 Å². The van der Waals surface area contributed by atoms with E-state index in [0.717, 1.165) is 5.69 Å². The summed E-state index contributed by atoms with van der Waals surface area (Å²) >= 11 is 0. The number of para-hydroxylation sites is 1. The normalized spacial score (nSPS) is 10.3. The van der Waals surface area contributed by atoms with Crippen LogP contribution in [0.4, 0.5) is 15.8 Å². The Morgan fingerprint density at radius 1 is 1.04 bits per heavy atom. The van der Waals surface area contributed by atoms with E-state index in [1.807, 2.05) is 37.3 Å². The van der Waals surface area contributed by atoms with Crippen LogP contribution in [-0.4, -0.2) is 23.3 Å². The molecule has 0 aliphatic carbocycles. The molecule has 0 unspecified atom stereocenters. The number of hydrogen-bond donors (Lipinski definition) is 1. The van der Waals surface area contributed by atoms with Crippen molar-refractivity contribution in [2.45, 2.75) is 6.92 Å². The molecule has 3 aromatic rings. The highest BCUT2D eigenvalue weighted by Crippen LogP contribution is 2.17. The van der Waals surface area contributed by atoms with Crippen molar-refractivity contribution < 1.29 is 14.0 Å². The van der Waals surface area contributed by atoms with E-state index in [1.54, 1.807) is 17.0 Å². The van der Waals surface area contributed by atoms with E-state index in [1.165, 1.54) is 30.5 Å². The number of anilines is 2. The maximum Gasteiger partial charge on any atom is 0.274 e. The Morgan fingerprint density at radius 3 is 2.52 bits per heavy atom. The molecule has 0 saturated carbocycles. The Bertz CT molecular complexity index is 960. The van der Waals surface area contributed by atoms with Crippen LogP contribution >= 0.6 is 0 Å². The minimum Gasteiger partial charge on any atom is -0.321 e. The first-order valence-electron chi connectivity index (χ1n) is 8.48. The Hall–Kier alpha value is -3.54. The molecule has 3 rings (SSSR count). The van der Waals surface area contributed by atoms with Gasteiger partial charge in [-0.25, -0.2) is 4.39 Å². The van der Waals surface area contributed by atoms with Crippen molar-refractivity contribution in [3.63, 3.8) is 0 Å². The van der Waals surface area contributed by atoms with Crippen LogP contribution in [0.25, 0.3) is 0 Å². The second kappa shape index (κ2) is 8.23. The fourth-order valence-electron chi connectivity index (χ4n) is 2.66. The van der Waals surface area contributed by atoms with Crippen LogP contribution in [0, 0.1) is 5.82 Å². The van der Waals surface area contributed by atoms with Gasteiger partial charge >= 0.3 is 0 Å². The molecule has 2 amide bonds. The molecule has 0 saturated heterocycles. The lowest BCUT2D eigenvalue weighted by atomic mass is 10.1. The number of pyridine rings is 1. The van der Waals surface area contributed by atoms with Gasteiger partial charge in [0.2, 0.25) is 0 Å². The predicted molar refractivity (Wildman–Crippen MR) is 102 cm³/mol. The van der Waals surface area contributed by atoms with Gasteiger partial charge in [0.15, 0.2) is 0 Å². The van der Waals surface area contributed by atoms with Crippen molar-refractivity contribution in [1.29, 1.82) is 0 Å². The molecule has 0 bridgehead atoms. The molecule has 0 spiro atoms. The van der Waals surface area contributed by atoms with Crippen LogP contribution in [0.1, 0.15) is 27.8 Å². The third-order valence-electron chi connectivity index (χ3n) is 3.95. The zero-order chi connectivity index (χ0) is 19.2. The van der Waals surface area contributed by atoms with Crippen LogP contribution in [-0.2, 0) is 0 Å². The van der Waals surface area contributed by atoms with Gasteiger partial charge < -0.3 is 10.2 Å². The standard InChI is InChI=1S/C21H18FN3O2/c1-2-25(18-9-4-3-5-10-18)21(27)15-11-12-23-19(13-15)20(26)24-17-8-6-7-16(22)14-17/h3-14H,2H2,1H3,(H,24,26). The highest BCUT2D eigenvalue weighted by molar-refractivity contribution is 6.08. The molecule has 1 heterocycles. The first kappa shape index (κ1) is 18.3. The first-order valence-corrected chi connectivity index (χ1v) is 8.48. The second-order valence-corrected chi connectivity index (χ2v) is 5.78. The smallest absolute Gasteiger partial charge is 0.274 e. The maximum absolute atomic E-state index is 13.3. The molecular weight excluding hydrogens is 345 g/mol. The highest BCUT2D eigenvalue weighted by atomic mass is 19.1. The van der Waals surface area contributed by atoms with Gasteiger partial charge in [0.05, 0.1) is 0 Å². The molecule has 0 aliphatic heterocycles. The van der Waals surface area contributed by atoms with E-state index in [0.29, 0.717) is 17.8 Å². The van der Waals surface area contributed by atoms with Gasteiger partial charge in [0, 0.05) is 29.7 Å². The summed E-state index contributed by atoms with van der Waals surface area (Å²) in [6, 6.07) is 17.9. The third kappa shape index (κ3) is 4.36. The molecule has 2 aromatic carbocycles. The number of nitrogens with one attached hydrogen (secondary N) is 1. The fourth-order valence-corrected chi connectivity index (χ4v) is 2.66. The summed E-state index contributed by atoms with van der Waals surface area (Å²) in [6.45, 7) is 2.36. The monoisotopic (exact) mass is 363 g/mol. The van der Waals surface area contributed by atoms with Crippen molar-refractivity contribution in [2.75, 3.05) is 16.8 Å². The molecule has 0 fully saturated rings. The molecular formula is C21H18FN3O2. The number of aromatic nitrogens is 1. The zero-order valence-electron chi connectivity index (χ0n) is 14.7. The molecule has 0 atom stereocenters. The van der Waals surface area contributed by atoms with E-state index >= 15 is 0 Å². The number of carbonyl (C=O) groups excluding carboxylic acids is 2. The number of hydrogen-bond acceptors (Lipinski definition) is 3. The van der Waals surface area contributed by atoms with Crippen LogP contribution in [0.2, 0.25) is 0 Å². The third-order valence-corrected chi connectivity index (χ3v) is 3.95. The maximum atomic E-state index is 13.3. The van der Waals surface area contributed by atoms with Crippen molar-refractivity contribution >= 4 is 23.2 Å². The summed E-state index contributed by atoms with van der Waals surface area (Å²) in [5.41, 5.74) is 1.51. The van der Waals surface area contributed by atoms with E-state index in [9.17, 15) is 14.0 Å². The van der Waals surface area contributed by atoms with Crippen LogP contribution in [0.5, 0.6) is 0 Å². The molecule has 0 radical (unpaired) electrons. The number of benzene rings is 2. The number of halogens is 1. The molecule has 136 valence electrons. The van der Waals surface area contributed by atoms with Gasteiger partial charge in [-0.1, -0.05) is 24.3 Å². The largest absolute Gasteiger partial charge is 0.321 e. The van der Waals surface area contributed by atoms with Crippen molar-refractivity contribution in [1.82, 2.24) is 4.98 Å². The van der Waals surface area contributed by atoms with Gasteiger partial charge in [-0.3, -0.25) is 14.6 Å². The molecule has 5 nitrogen and oxygen atoms in total. The van der Waals surface area contributed by atoms with E-state index < -0.39 is 11.7 Å². The van der Waals surface area contributed by atoms with Crippen molar-refractivity contribution in [2.24, 2.45) is 0 Å². The molecule has 6 heteroatoms. The number of carbonyl (C=O) groups is 2. The minimum absolute atomic E-state index is 0.0780. The lowest BCUT2D eigenvalue weighted by Crippen LogP contribution is -2.30. The lowest BCUT2D eigenvalue weighted by molar-refractivity contribution is 0.0988. The average Bonchev–Trinajstić information content (AvgIpc) is 2.69. The summed E-state index contributed by atoms with van der Waals surface area (Å²) in [7, 11) is 0. The Kier molecular flexibility index (Phi) is 5.56. The SMILES string of the molecule is CCN(C(=O)c1ccnc(C(=O)Nc2cccc(F)c2)c1)c1ccccc1. The quantitative estimate of drug-likeness (QED) is 0.741. The Balaban J connectivity index is 1.82. The average molecular weight is 363 g/mol. The summed E-state index contributed by atoms with van der Waals surface area (Å²) in [4.78, 5) is 30.9. The zero-order valence-corrected chi connectivity index (χ0v) is 14.7. The summed E-state index contributed by atoms with van der Waals surface area (Å²) in [5, 5.41) is 2.57. The summed E-state index contributed by atoms with van der Waals surface area (Å²) in [6.07, 6.45) is 1.41. The van der Waals surface area contributed by atoms with Crippen LogP contribution in [0.3, 0.4) is 0 Å². The van der Waals surface area contributed by atoms with Gasteiger partial charge in [0.1, 0.15) is 11.5 Å². The summed E-state index contributed by atoms with van der Waals surface area (Å²) < 4.78 is 13.3. The van der Waals surface area contributed by atoms with Crippen molar-refractivity contribution in [3.8, 4) is 0 Å². The molecule has 27 heavy (non-hydrogen) atoms. The van der Waals surface area contributed by atoms with Gasteiger partial charge in [-0.05, 0) is 49.4 Å². The van der Waals surface area contributed by atoms with Crippen molar-refractivity contribution in [3.05, 3.63) is 90.0 Å². The molecule has 1 aromatic heterocycles. The van der Waals surface area contributed by atoms with Gasteiger partial charge in [0.25, 0.3) is 11.8 Å². The summed E-state index contributed by atoms with van der Waals surface area (Å²) in [5.74, 6) is -1.20. The Morgan fingerprint density at radius 2 is 1.81 bits per heavy atom. The second-order valence-electron chi connectivity index (χ2n) is 5.78. The lowest BCUT2D eigenvalue weighted by Gasteiger charge is -2.21. The Labute approximate surface area is 156 Å². The number of amides is 2. The first-order chi connectivity index (χ1) is 13.1. The van der Waals surface area contributed by atoms with Crippen LogP contribution < -0.4 is 10.2 Å². The number of nitrogens with zero attached hydrogens (tertiary/aromatic N) is 2. The molecule has 0 aliphatic rings. The number of rotatable bonds is 5. The van der Waals surface area contributed by atoms with E-state index in [4.69, 9.17) is 0 Å². The minimum atomic E-state index is -0.516. The highest BCUT2D eigenvalue weighted by Gasteiger charge is 2.18. The van der Waals surface area contributed by atoms with E-state index in [-0.39, 0.29) is 11.6 Å². The topological polar surface area (TPSA) is 62.3 Å². The van der Waals surface area contributed by atoms with E-state index in [2.05, 4.69) is 10.3 Å².